The predicted molar refractivity (Wildman–Crippen MR) is 88.2 cm³/mol. The monoisotopic (exact) mass is 327 g/mol. The number of hydrogen-bond donors (Lipinski definition) is 1. The van der Waals surface area contributed by atoms with Gasteiger partial charge in [0.25, 0.3) is 11.6 Å². The highest BCUT2D eigenvalue weighted by Crippen LogP contribution is 2.28. The lowest BCUT2D eigenvalue weighted by atomic mass is 9.89. The van der Waals surface area contributed by atoms with Crippen LogP contribution in [-0.4, -0.2) is 28.7 Å². The van der Waals surface area contributed by atoms with Gasteiger partial charge in [0.1, 0.15) is 5.54 Å². The first-order chi connectivity index (χ1) is 11.3. The van der Waals surface area contributed by atoms with Crippen LogP contribution in [0.3, 0.4) is 0 Å². The number of hydrogen-bond acceptors (Lipinski definition) is 4. The minimum absolute atomic E-state index is 0.116. The lowest BCUT2D eigenvalue weighted by molar-refractivity contribution is -0.384. The Kier molecular flexibility index (Phi) is 4.64. The van der Waals surface area contributed by atoms with E-state index in [-0.39, 0.29) is 11.3 Å². The summed E-state index contributed by atoms with van der Waals surface area (Å²) in [7, 11) is 1.47. The van der Waals surface area contributed by atoms with Gasteiger partial charge in [-0.15, -0.1) is 0 Å². The fourth-order valence-corrected chi connectivity index (χ4v) is 2.39. The largest absolute Gasteiger partial charge is 0.367 e. The van der Waals surface area contributed by atoms with Crippen molar-refractivity contribution in [3.63, 3.8) is 0 Å². The van der Waals surface area contributed by atoms with Crippen molar-refractivity contribution >= 4 is 17.5 Å². The van der Waals surface area contributed by atoms with Gasteiger partial charge >= 0.3 is 0 Å². The Labute approximate surface area is 138 Å². The third-order valence-corrected chi connectivity index (χ3v) is 4.12. The van der Waals surface area contributed by atoms with Crippen molar-refractivity contribution in [1.82, 2.24) is 4.90 Å². The Bertz CT molecular complexity index is 774. The average Bonchev–Trinajstić information content (AvgIpc) is 2.60. The van der Waals surface area contributed by atoms with Crippen molar-refractivity contribution in [1.29, 1.82) is 0 Å². The topological polar surface area (TPSA) is 107 Å². The summed E-state index contributed by atoms with van der Waals surface area (Å²) in [5.74, 6) is -1.14. The van der Waals surface area contributed by atoms with Gasteiger partial charge in [0.15, 0.2) is 0 Å². The Balaban J connectivity index is 2.40. The van der Waals surface area contributed by atoms with Gasteiger partial charge in [0, 0.05) is 24.7 Å². The van der Waals surface area contributed by atoms with Crippen LogP contribution in [0, 0.1) is 10.1 Å². The smallest absolute Gasteiger partial charge is 0.269 e. The van der Waals surface area contributed by atoms with Gasteiger partial charge < -0.3 is 10.6 Å². The summed E-state index contributed by atoms with van der Waals surface area (Å²) in [6.07, 6.45) is 0. The molecule has 7 heteroatoms. The third-order valence-electron chi connectivity index (χ3n) is 4.12. The molecule has 0 saturated heterocycles. The molecular formula is C17H17N3O4. The number of non-ortho nitro benzene ring substituents is 1. The third kappa shape index (κ3) is 2.96. The second kappa shape index (κ2) is 6.49. The van der Waals surface area contributed by atoms with Crippen molar-refractivity contribution in [2.75, 3.05) is 7.05 Å². The van der Waals surface area contributed by atoms with Crippen molar-refractivity contribution < 1.29 is 14.5 Å². The molecule has 0 aliphatic rings. The normalized spacial score (nSPS) is 12.9. The SMILES string of the molecule is CN(C(=O)c1ccc([N+](=O)[O-])cc1)C(C)(C(N)=O)c1ccccc1. The maximum atomic E-state index is 12.7. The molecule has 0 saturated carbocycles. The molecule has 1 atom stereocenters. The fraction of sp³-hybridized carbons (Fsp3) is 0.176. The molecule has 0 radical (unpaired) electrons. The Hall–Kier alpha value is -3.22. The molecule has 0 aliphatic carbocycles. The number of nitrogens with zero attached hydrogens (tertiary/aromatic N) is 2. The maximum absolute atomic E-state index is 12.7. The minimum atomic E-state index is -1.35. The molecule has 7 nitrogen and oxygen atoms in total. The molecule has 2 aromatic carbocycles. The van der Waals surface area contributed by atoms with Crippen molar-refractivity contribution in [3.05, 3.63) is 75.8 Å². The van der Waals surface area contributed by atoms with E-state index < -0.39 is 22.3 Å². The minimum Gasteiger partial charge on any atom is -0.367 e. The van der Waals surface area contributed by atoms with Crippen LogP contribution in [0.25, 0.3) is 0 Å². The molecule has 2 aromatic rings. The summed E-state index contributed by atoms with van der Waals surface area (Å²) < 4.78 is 0. The summed E-state index contributed by atoms with van der Waals surface area (Å²) in [5.41, 5.74) is 4.91. The number of carbonyl (C=O) groups excluding carboxylic acids is 2. The first-order valence-corrected chi connectivity index (χ1v) is 7.16. The standard InChI is InChI=1S/C17H17N3O4/c1-17(16(18)22,13-6-4-3-5-7-13)19(2)15(21)12-8-10-14(11-9-12)20(23)24/h3-11H,1-2H3,(H2,18,22). The average molecular weight is 327 g/mol. The molecule has 0 bridgehead atoms. The number of carbonyl (C=O) groups is 2. The quantitative estimate of drug-likeness (QED) is 0.670. The molecule has 2 amide bonds. The molecule has 0 heterocycles. The van der Waals surface area contributed by atoms with E-state index in [1.807, 2.05) is 0 Å². The van der Waals surface area contributed by atoms with E-state index in [9.17, 15) is 19.7 Å². The highest BCUT2D eigenvalue weighted by atomic mass is 16.6. The fourth-order valence-electron chi connectivity index (χ4n) is 2.39. The Morgan fingerprint density at radius 1 is 1.08 bits per heavy atom. The number of nitro groups is 1. The molecular weight excluding hydrogens is 310 g/mol. The van der Waals surface area contributed by atoms with E-state index in [1.165, 1.54) is 36.2 Å². The highest BCUT2D eigenvalue weighted by Gasteiger charge is 2.40. The Morgan fingerprint density at radius 3 is 2.08 bits per heavy atom. The molecule has 24 heavy (non-hydrogen) atoms. The number of nitro benzene ring substituents is 1. The van der Waals surface area contributed by atoms with Gasteiger partial charge in [0.2, 0.25) is 5.91 Å². The van der Waals surface area contributed by atoms with E-state index in [1.54, 1.807) is 37.3 Å². The maximum Gasteiger partial charge on any atom is 0.269 e. The summed E-state index contributed by atoms with van der Waals surface area (Å²) in [6.45, 7) is 1.56. The molecule has 0 spiro atoms. The van der Waals surface area contributed by atoms with E-state index in [0.717, 1.165) is 0 Å². The van der Waals surface area contributed by atoms with Crippen LogP contribution < -0.4 is 5.73 Å². The summed E-state index contributed by atoms with van der Waals surface area (Å²) >= 11 is 0. The molecule has 2 N–H and O–H groups in total. The zero-order chi connectivity index (χ0) is 17.9. The zero-order valence-electron chi connectivity index (χ0n) is 13.3. The molecule has 0 aromatic heterocycles. The number of likely N-dealkylation sites (N-methyl/N-ethyl adjacent to an activating group) is 1. The molecule has 0 fully saturated rings. The number of amides is 2. The molecule has 2 rings (SSSR count). The van der Waals surface area contributed by atoms with Gasteiger partial charge in [-0.25, -0.2) is 0 Å². The zero-order valence-corrected chi connectivity index (χ0v) is 13.3. The number of benzene rings is 2. The van der Waals surface area contributed by atoms with E-state index in [4.69, 9.17) is 5.73 Å². The molecule has 0 aliphatic heterocycles. The summed E-state index contributed by atoms with van der Waals surface area (Å²) in [4.78, 5) is 36.2. The molecule has 124 valence electrons. The Morgan fingerprint density at radius 2 is 1.62 bits per heavy atom. The molecule has 1 unspecified atom stereocenters. The van der Waals surface area contributed by atoms with Gasteiger partial charge in [-0.2, -0.15) is 0 Å². The summed E-state index contributed by atoms with van der Waals surface area (Å²) in [6, 6.07) is 13.9. The van der Waals surface area contributed by atoms with Crippen molar-refractivity contribution in [3.8, 4) is 0 Å². The number of nitrogens with two attached hydrogens (primary N) is 1. The van der Waals surface area contributed by atoms with Gasteiger partial charge in [-0.1, -0.05) is 30.3 Å². The second-order valence-electron chi connectivity index (χ2n) is 5.47. The van der Waals surface area contributed by atoms with Gasteiger partial charge in [-0.05, 0) is 24.6 Å². The predicted octanol–water partition coefficient (Wildman–Crippen LogP) is 2.07. The van der Waals surface area contributed by atoms with Crippen molar-refractivity contribution in [2.45, 2.75) is 12.5 Å². The van der Waals surface area contributed by atoms with E-state index in [0.29, 0.717) is 5.56 Å². The first-order valence-electron chi connectivity index (χ1n) is 7.16. The lowest BCUT2D eigenvalue weighted by Gasteiger charge is -2.36. The lowest BCUT2D eigenvalue weighted by Crippen LogP contribution is -2.53. The van der Waals surface area contributed by atoms with Gasteiger partial charge in [-0.3, -0.25) is 19.7 Å². The van der Waals surface area contributed by atoms with Crippen LogP contribution in [0.1, 0.15) is 22.8 Å². The number of primary amides is 1. The van der Waals surface area contributed by atoms with Crippen LogP contribution in [0.5, 0.6) is 0 Å². The van der Waals surface area contributed by atoms with Crippen LogP contribution in [0.2, 0.25) is 0 Å². The van der Waals surface area contributed by atoms with Gasteiger partial charge in [0.05, 0.1) is 4.92 Å². The van der Waals surface area contributed by atoms with Crippen LogP contribution in [0.15, 0.2) is 54.6 Å². The van der Waals surface area contributed by atoms with E-state index >= 15 is 0 Å². The van der Waals surface area contributed by atoms with Crippen molar-refractivity contribution in [2.24, 2.45) is 5.73 Å². The van der Waals surface area contributed by atoms with E-state index in [2.05, 4.69) is 0 Å². The second-order valence-corrected chi connectivity index (χ2v) is 5.47. The first kappa shape index (κ1) is 17.1. The van der Waals surface area contributed by atoms with Crippen LogP contribution in [0.4, 0.5) is 5.69 Å². The van der Waals surface area contributed by atoms with Crippen LogP contribution >= 0.6 is 0 Å². The highest BCUT2D eigenvalue weighted by molar-refractivity contribution is 5.99. The number of rotatable bonds is 5. The van der Waals surface area contributed by atoms with Crippen LogP contribution in [-0.2, 0) is 10.3 Å². The summed E-state index contributed by atoms with van der Waals surface area (Å²) in [5, 5.41) is 10.7.